The number of halogens is 1. The average Bonchev–Trinajstić information content (AvgIpc) is 2.83. The SMILES string of the molecule is CN1CC(C2=NCCN2)Cc2ccc(Cl)cc21. The molecule has 90 valence electrons. The molecule has 3 nitrogen and oxygen atoms in total. The van der Waals surface area contributed by atoms with Crippen LogP contribution >= 0.6 is 11.6 Å². The molecule has 0 saturated heterocycles. The molecule has 4 heteroatoms. The van der Waals surface area contributed by atoms with Gasteiger partial charge in [-0.1, -0.05) is 17.7 Å². The zero-order valence-corrected chi connectivity index (χ0v) is 10.7. The van der Waals surface area contributed by atoms with E-state index in [1.165, 1.54) is 17.1 Å². The summed E-state index contributed by atoms with van der Waals surface area (Å²) >= 11 is 6.04. The van der Waals surface area contributed by atoms with Crippen molar-refractivity contribution in [1.82, 2.24) is 5.32 Å². The van der Waals surface area contributed by atoms with E-state index in [9.17, 15) is 0 Å². The summed E-state index contributed by atoms with van der Waals surface area (Å²) in [6.45, 7) is 2.92. The van der Waals surface area contributed by atoms with Gasteiger partial charge < -0.3 is 10.2 Å². The van der Waals surface area contributed by atoms with E-state index in [0.717, 1.165) is 31.1 Å². The predicted octanol–water partition coefficient (Wildman–Crippen LogP) is 1.95. The lowest BCUT2D eigenvalue weighted by molar-refractivity contribution is 0.627. The van der Waals surface area contributed by atoms with Gasteiger partial charge in [-0.2, -0.15) is 0 Å². The van der Waals surface area contributed by atoms with Crippen LogP contribution in [0.3, 0.4) is 0 Å². The van der Waals surface area contributed by atoms with Gasteiger partial charge >= 0.3 is 0 Å². The maximum Gasteiger partial charge on any atom is 0.102 e. The minimum Gasteiger partial charge on any atom is -0.374 e. The van der Waals surface area contributed by atoms with Crippen LogP contribution in [0.15, 0.2) is 23.2 Å². The smallest absolute Gasteiger partial charge is 0.102 e. The van der Waals surface area contributed by atoms with Crippen molar-refractivity contribution in [2.45, 2.75) is 6.42 Å². The first-order valence-corrected chi connectivity index (χ1v) is 6.39. The molecular formula is C13H16ClN3. The van der Waals surface area contributed by atoms with E-state index < -0.39 is 0 Å². The van der Waals surface area contributed by atoms with E-state index in [1.54, 1.807) is 0 Å². The molecule has 0 radical (unpaired) electrons. The van der Waals surface area contributed by atoms with E-state index in [4.69, 9.17) is 11.6 Å². The third kappa shape index (κ3) is 2.00. The number of amidine groups is 1. The highest BCUT2D eigenvalue weighted by Crippen LogP contribution is 2.31. The van der Waals surface area contributed by atoms with Gasteiger partial charge in [-0.05, 0) is 24.1 Å². The molecular weight excluding hydrogens is 234 g/mol. The van der Waals surface area contributed by atoms with Gasteiger partial charge in [-0.25, -0.2) is 0 Å². The summed E-state index contributed by atoms with van der Waals surface area (Å²) < 4.78 is 0. The van der Waals surface area contributed by atoms with E-state index in [2.05, 4.69) is 34.4 Å². The topological polar surface area (TPSA) is 27.6 Å². The number of anilines is 1. The fourth-order valence-electron chi connectivity index (χ4n) is 2.70. The number of hydrogen-bond donors (Lipinski definition) is 1. The highest BCUT2D eigenvalue weighted by molar-refractivity contribution is 6.30. The first kappa shape index (κ1) is 10.9. The molecule has 3 rings (SSSR count). The van der Waals surface area contributed by atoms with Crippen molar-refractivity contribution in [2.24, 2.45) is 10.9 Å². The second kappa shape index (κ2) is 4.22. The van der Waals surface area contributed by atoms with Crippen molar-refractivity contribution >= 4 is 23.1 Å². The summed E-state index contributed by atoms with van der Waals surface area (Å²) in [6, 6.07) is 6.16. The van der Waals surface area contributed by atoms with E-state index >= 15 is 0 Å². The zero-order chi connectivity index (χ0) is 11.8. The van der Waals surface area contributed by atoms with Crippen molar-refractivity contribution < 1.29 is 0 Å². The third-order valence-corrected chi connectivity index (χ3v) is 3.74. The summed E-state index contributed by atoms with van der Waals surface area (Å²) in [4.78, 5) is 6.81. The van der Waals surface area contributed by atoms with E-state index in [1.807, 2.05) is 6.07 Å². The Balaban J connectivity index is 1.90. The number of fused-ring (bicyclic) bond motifs is 1. The number of nitrogens with one attached hydrogen (secondary N) is 1. The van der Waals surface area contributed by atoms with Crippen LogP contribution in [-0.2, 0) is 6.42 Å². The summed E-state index contributed by atoms with van der Waals surface area (Å²) in [5.41, 5.74) is 2.62. The maximum absolute atomic E-state index is 6.04. The molecule has 0 amide bonds. The maximum atomic E-state index is 6.04. The summed E-state index contributed by atoms with van der Waals surface area (Å²) in [6.07, 6.45) is 1.06. The van der Waals surface area contributed by atoms with Gasteiger partial charge in [0.05, 0.1) is 6.54 Å². The molecule has 0 saturated carbocycles. The second-order valence-electron chi connectivity index (χ2n) is 4.75. The Hall–Kier alpha value is -1.22. The lowest BCUT2D eigenvalue weighted by Crippen LogP contribution is -2.40. The Labute approximate surface area is 106 Å². The van der Waals surface area contributed by atoms with Crippen LogP contribution in [0.1, 0.15) is 5.56 Å². The molecule has 0 bridgehead atoms. The fraction of sp³-hybridized carbons (Fsp3) is 0.462. The molecule has 1 atom stereocenters. The van der Waals surface area contributed by atoms with Crippen molar-refractivity contribution in [1.29, 1.82) is 0 Å². The monoisotopic (exact) mass is 249 g/mol. The second-order valence-corrected chi connectivity index (χ2v) is 5.18. The van der Waals surface area contributed by atoms with Crippen LogP contribution in [0.5, 0.6) is 0 Å². The zero-order valence-electron chi connectivity index (χ0n) is 9.91. The number of benzene rings is 1. The van der Waals surface area contributed by atoms with Gasteiger partial charge in [0.2, 0.25) is 0 Å². The van der Waals surface area contributed by atoms with Crippen LogP contribution in [0, 0.1) is 5.92 Å². The number of hydrogen-bond acceptors (Lipinski definition) is 3. The largest absolute Gasteiger partial charge is 0.374 e. The van der Waals surface area contributed by atoms with Gasteiger partial charge in [0.1, 0.15) is 5.84 Å². The molecule has 2 aliphatic heterocycles. The quantitative estimate of drug-likeness (QED) is 0.824. The minimum atomic E-state index is 0.496. The molecule has 17 heavy (non-hydrogen) atoms. The Morgan fingerprint density at radius 2 is 2.35 bits per heavy atom. The molecule has 0 aromatic heterocycles. The Morgan fingerprint density at radius 1 is 1.47 bits per heavy atom. The van der Waals surface area contributed by atoms with Gasteiger partial charge in [-0.3, -0.25) is 4.99 Å². The highest BCUT2D eigenvalue weighted by Gasteiger charge is 2.27. The van der Waals surface area contributed by atoms with Crippen molar-refractivity contribution in [2.75, 3.05) is 31.6 Å². The van der Waals surface area contributed by atoms with Crippen LogP contribution in [0.4, 0.5) is 5.69 Å². The molecule has 0 spiro atoms. The van der Waals surface area contributed by atoms with Crippen molar-refractivity contribution in [3.63, 3.8) is 0 Å². The number of aliphatic imine (C=N–C) groups is 1. The third-order valence-electron chi connectivity index (χ3n) is 3.51. The highest BCUT2D eigenvalue weighted by atomic mass is 35.5. The van der Waals surface area contributed by atoms with Gasteiger partial charge in [0, 0.05) is 36.8 Å². The lowest BCUT2D eigenvalue weighted by Gasteiger charge is -2.33. The van der Waals surface area contributed by atoms with Crippen molar-refractivity contribution in [3.05, 3.63) is 28.8 Å². The average molecular weight is 250 g/mol. The van der Waals surface area contributed by atoms with Gasteiger partial charge in [0.25, 0.3) is 0 Å². The summed E-state index contributed by atoms with van der Waals surface area (Å²) in [7, 11) is 2.12. The first-order valence-electron chi connectivity index (χ1n) is 6.02. The minimum absolute atomic E-state index is 0.496. The molecule has 0 fully saturated rings. The predicted molar refractivity (Wildman–Crippen MR) is 72.2 cm³/mol. The van der Waals surface area contributed by atoms with Crippen LogP contribution < -0.4 is 10.2 Å². The molecule has 1 aromatic carbocycles. The molecule has 2 aliphatic rings. The van der Waals surface area contributed by atoms with E-state index in [0.29, 0.717) is 5.92 Å². The first-order chi connectivity index (χ1) is 8.24. The molecule has 1 N–H and O–H groups in total. The van der Waals surface area contributed by atoms with Crippen LogP contribution in [0.2, 0.25) is 5.02 Å². The summed E-state index contributed by atoms with van der Waals surface area (Å²) in [5, 5.41) is 4.20. The Kier molecular flexibility index (Phi) is 2.71. The lowest BCUT2D eigenvalue weighted by atomic mass is 9.92. The van der Waals surface area contributed by atoms with Gasteiger partial charge in [-0.15, -0.1) is 0 Å². The molecule has 2 heterocycles. The fourth-order valence-corrected chi connectivity index (χ4v) is 2.86. The van der Waals surface area contributed by atoms with Gasteiger partial charge in [0.15, 0.2) is 0 Å². The standard InChI is InChI=1S/C13H16ClN3/c1-17-8-10(13-15-4-5-16-13)6-9-2-3-11(14)7-12(9)17/h2-3,7,10H,4-6,8H2,1H3,(H,15,16). The number of rotatable bonds is 1. The summed E-state index contributed by atoms with van der Waals surface area (Å²) in [5.74, 6) is 1.67. The Morgan fingerprint density at radius 3 is 3.12 bits per heavy atom. The normalized spacial score (nSPS) is 23.1. The van der Waals surface area contributed by atoms with E-state index in [-0.39, 0.29) is 0 Å². The molecule has 0 aliphatic carbocycles. The Bertz CT molecular complexity index is 470. The molecule has 1 unspecified atom stereocenters. The number of nitrogens with zero attached hydrogens (tertiary/aromatic N) is 2. The van der Waals surface area contributed by atoms with Crippen LogP contribution in [-0.4, -0.2) is 32.5 Å². The van der Waals surface area contributed by atoms with Crippen LogP contribution in [0.25, 0.3) is 0 Å². The molecule has 1 aromatic rings. The van der Waals surface area contributed by atoms with Crippen molar-refractivity contribution in [3.8, 4) is 0 Å².